The Morgan fingerprint density at radius 3 is 2.47 bits per heavy atom. The van der Waals surface area contributed by atoms with Crippen molar-refractivity contribution >= 4 is 17.7 Å². The Hall–Kier alpha value is -2.89. The molecule has 1 heterocycles. The zero-order valence-corrected chi connectivity index (χ0v) is 9.78. The van der Waals surface area contributed by atoms with E-state index in [1.54, 1.807) is 24.3 Å². The summed E-state index contributed by atoms with van der Waals surface area (Å²) >= 11 is 0. The van der Waals surface area contributed by atoms with Gasteiger partial charge in [0.25, 0.3) is 5.69 Å². The second-order valence-corrected chi connectivity index (χ2v) is 3.74. The topological polar surface area (TPSA) is 99.4 Å². The molecule has 0 radical (unpaired) electrons. The number of nitro benzene ring substituents is 1. The minimum absolute atomic E-state index is 0.0177. The van der Waals surface area contributed by atoms with Crippen LogP contribution < -0.4 is 5.73 Å². The number of rotatable bonds is 4. The molecule has 6 nitrogen and oxygen atoms in total. The van der Waals surface area contributed by atoms with Crippen LogP contribution in [0.3, 0.4) is 0 Å². The third kappa shape index (κ3) is 3.06. The Morgan fingerprint density at radius 1 is 1.21 bits per heavy atom. The number of nitrogens with two attached hydrogens (primary N) is 1. The first kappa shape index (κ1) is 12.6. The average Bonchev–Trinajstić information content (AvgIpc) is 2.85. The van der Waals surface area contributed by atoms with Crippen molar-refractivity contribution in [3.05, 3.63) is 58.3 Å². The van der Waals surface area contributed by atoms with Gasteiger partial charge >= 0.3 is 0 Å². The van der Waals surface area contributed by atoms with Crippen molar-refractivity contribution < 1.29 is 14.1 Å². The smallest absolute Gasteiger partial charge is 0.269 e. The molecule has 0 aliphatic rings. The van der Waals surface area contributed by atoms with Crippen molar-refractivity contribution in [2.24, 2.45) is 5.73 Å². The number of furan rings is 1. The average molecular weight is 258 g/mol. The van der Waals surface area contributed by atoms with Crippen LogP contribution in [0.4, 0.5) is 5.69 Å². The van der Waals surface area contributed by atoms with Crippen LogP contribution in [-0.2, 0) is 4.79 Å². The van der Waals surface area contributed by atoms with Crippen LogP contribution in [0.25, 0.3) is 17.4 Å². The SMILES string of the molecule is NC(=O)/C=C\c1ccc(-c2ccc([N+](=O)[O-])cc2)o1. The van der Waals surface area contributed by atoms with Crippen molar-refractivity contribution in [2.75, 3.05) is 0 Å². The molecule has 0 aliphatic carbocycles. The van der Waals surface area contributed by atoms with E-state index in [2.05, 4.69) is 0 Å². The van der Waals surface area contributed by atoms with E-state index < -0.39 is 10.8 Å². The van der Waals surface area contributed by atoms with Gasteiger partial charge in [-0.1, -0.05) is 0 Å². The van der Waals surface area contributed by atoms with Gasteiger partial charge in [-0.15, -0.1) is 0 Å². The molecule has 0 atom stereocenters. The fourth-order valence-corrected chi connectivity index (χ4v) is 1.51. The number of carbonyl (C=O) groups is 1. The van der Waals surface area contributed by atoms with E-state index in [0.717, 1.165) is 0 Å². The first-order valence-corrected chi connectivity index (χ1v) is 5.38. The quantitative estimate of drug-likeness (QED) is 0.516. The van der Waals surface area contributed by atoms with Crippen LogP contribution in [-0.4, -0.2) is 10.8 Å². The van der Waals surface area contributed by atoms with Gasteiger partial charge in [0.2, 0.25) is 5.91 Å². The summed E-state index contributed by atoms with van der Waals surface area (Å²) in [7, 11) is 0. The van der Waals surface area contributed by atoms with Crippen LogP contribution in [0.2, 0.25) is 0 Å². The minimum Gasteiger partial charge on any atom is -0.457 e. The standard InChI is InChI=1S/C13H10N2O4/c14-13(16)8-6-11-5-7-12(19-11)9-1-3-10(4-2-9)15(17)18/h1-8H,(H2,14,16)/b8-6-. The number of primary amides is 1. The number of amides is 1. The van der Waals surface area contributed by atoms with Crippen LogP contribution in [0.5, 0.6) is 0 Å². The molecule has 2 aromatic rings. The lowest BCUT2D eigenvalue weighted by Crippen LogP contribution is -2.04. The van der Waals surface area contributed by atoms with E-state index in [1.165, 1.54) is 24.3 Å². The van der Waals surface area contributed by atoms with Crippen molar-refractivity contribution in [3.8, 4) is 11.3 Å². The highest BCUT2D eigenvalue weighted by Gasteiger charge is 2.07. The van der Waals surface area contributed by atoms with Crippen LogP contribution in [0.1, 0.15) is 5.76 Å². The van der Waals surface area contributed by atoms with Crippen molar-refractivity contribution in [3.63, 3.8) is 0 Å². The van der Waals surface area contributed by atoms with Gasteiger partial charge in [0, 0.05) is 23.8 Å². The van der Waals surface area contributed by atoms with Gasteiger partial charge in [0.1, 0.15) is 11.5 Å². The summed E-state index contributed by atoms with van der Waals surface area (Å²) < 4.78 is 5.46. The molecule has 6 heteroatoms. The number of carbonyl (C=O) groups excluding carboxylic acids is 1. The predicted molar refractivity (Wildman–Crippen MR) is 69.0 cm³/mol. The second kappa shape index (κ2) is 5.18. The summed E-state index contributed by atoms with van der Waals surface area (Å²) in [5, 5.41) is 10.5. The van der Waals surface area contributed by atoms with Gasteiger partial charge in [-0.25, -0.2) is 0 Å². The monoisotopic (exact) mass is 258 g/mol. The highest BCUT2D eigenvalue weighted by Crippen LogP contribution is 2.24. The highest BCUT2D eigenvalue weighted by molar-refractivity contribution is 5.89. The molecule has 19 heavy (non-hydrogen) atoms. The van der Waals surface area contributed by atoms with Crippen molar-refractivity contribution in [1.82, 2.24) is 0 Å². The molecule has 0 bridgehead atoms. The number of hydrogen-bond acceptors (Lipinski definition) is 4. The summed E-state index contributed by atoms with van der Waals surface area (Å²) in [6, 6.07) is 9.38. The van der Waals surface area contributed by atoms with E-state index in [9.17, 15) is 14.9 Å². The number of nitro groups is 1. The molecule has 0 aliphatic heterocycles. The van der Waals surface area contributed by atoms with Gasteiger partial charge in [-0.3, -0.25) is 14.9 Å². The van der Waals surface area contributed by atoms with E-state index in [0.29, 0.717) is 17.1 Å². The number of hydrogen-bond donors (Lipinski definition) is 1. The van der Waals surface area contributed by atoms with Crippen LogP contribution in [0, 0.1) is 10.1 Å². The van der Waals surface area contributed by atoms with E-state index in [-0.39, 0.29) is 5.69 Å². The number of non-ortho nitro benzene ring substituents is 1. The van der Waals surface area contributed by atoms with Gasteiger partial charge in [0.05, 0.1) is 4.92 Å². The van der Waals surface area contributed by atoms with Gasteiger partial charge < -0.3 is 10.2 Å². The Kier molecular flexibility index (Phi) is 3.42. The van der Waals surface area contributed by atoms with E-state index in [4.69, 9.17) is 10.2 Å². The first-order valence-electron chi connectivity index (χ1n) is 5.38. The molecule has 0 saturated heterocycles. The molecule has 0 unspecified atom stereocenters. The zero-order valence-electron chi connectivity index (χ0n) is 9.78. The van der Waals surface area contributed by atoms with Gasteiger partial charge in [-0.2, -0.15) is 0 Å². The summed E-state index contributed by atoms with van der Waals surface area (Å²) in [6.07, 6.45) is 2.65. The zero-order chi connectivity index (χ0) is 13.8. The Bertz CT molecular complexity index is 641. The molecule has 2 N–H and O–H groups in total. The van der Waals surface area contributed by atoms with Gasteiger partial charge in [0.15, 0.2) is 0 Å². The summed E-state index contributed by atoms with van der Waals surface area (Å²) in [5.74, 6) is 0.472. The Balaban J connectivity index is 2.23. The lowest BCUT2D eigenvalue weighted by Gasteiger charge is -1.96. The van der Waals surface area contributed by atoms with E-state index >= 15 is 0 Å². The molecular formula is C13H10N2O4. The van der Waals surface area contributed by atoms with Crippen LogP contribution in [0.15, 0.2) is 46.9 Å². The summed E-state index contributed by atoms with van der Waals surface area (Å²) in [4.78, 5) is 20.6. The summed E-state index contributed by atoms with van der Waals surface area (Å²) in [6.45, 7) is 0. The van der Waals surface area contributed by atoms with E-state index in [1.807, 2.05) is 0 Å². The number of nitrogens with zero attached hydrogens (tertiary/aromatic N) is 1. The molecule has 0 spiro atoms. The third-order valence-corrected chi connectivity index (χ3v) is 2.40. The minimum atomic E-state index is -0.562. The maximum atomic E-state index is 10.6. The fraction of sp³-hybridized carbons (Fsp3) is 0. The molecule has 96 valence electrons. The lowest BCUT2D eigenvalue weighted by atomic mass is 10.1. The van der Waals surface area contributed by atoms with Crippen molar-refractivity contribution in [1.29, 1.82) is 0 Å². The van der Waals surface area contributed by atoms with Crippen molar-refractivity contribution in [2.45, 2.75) is 0 Å². The second-order valence-electron chi connectivity index (χ2n) is 3.74. The molecule has 1 aromatic heterocycles. The maximum absolute atomic E-state index is 10.6. The molecule has 2 rings (SSSR count). The lowest BCUT2D eigenvalue weighted by molar-refractivity contribution is -0.384. The third-order valence-electron chi connectivity index (χ3n) is 2.40. The Morgan fingerprint density at radius 2 is 1.89 bits per heavy atom. The highest BCUT2D eigenvalue weighted by atomic mass is 16.6. The van der Waals surface area contributed by atoms with Crippen LogP contribution >= 0.6 is 0 Å². The normalized spacial score (nSPS) is 10.7. The maximum Gasteiger partial charge on any atom is 0.269 e. The predicted octanol–water partition coefficient (Wildman–Crippen LogP) is 2.35. The fourth-order valence-electron chi connectivity index (χ4n) is 1.51. The number of benzene rings is 1. The van der Waals surface area contributed by atoms with Gasteiger partial charge in [-0.05, 0) is 30.3 Å². The first-order chi connectivity index (χ1) is 9.06. The Labute approximate surface area is 108 Å². The summed E-state index contributed by atoms with van der Waals surface area (Å²) in [5.41, 5.74) is 5.70. The molecule has 1 aromatic carbocycles. The molecule has 0 fully saturated rings. The molecule has 1 amide bonds. The molecule has 0 saturated carbocycles. The molecular weight excluding hydrogens is 248 g/mol. The largest absolute Gasteiger partial charge is 0.457 e.